The smallest absolute Gasteiger partial charge is 0.253 e. The van der Waals surface area contributed by atoms with E-state index in [0.717, 1.165) is 37.2 Å². The molecule has 144 valence electrons. The third-order valence-electron chi connectivity index (χ3n) is 4.47. The fourth-order valence-corrected chi connectivity index (χ4v) is 2.99. The van der Waals surface area contributed by atoms with E-state index in [9.17, 15) is 9.59 Å². The third kappa shape index (κ3) is 5.33. The van der Waals surface area contributed by atoms with Crippen LogP contribution in [-0.4, -0.2) is 36.4 Å². The van der Waals surface area contributed by atoms with E-state index in [1.54, 1.807) is 36.4 Å². The summed E-state index contributed by atoms with van der Waals surface area (Å²) in [4.78, 5) is 26.3. The van der Waals surface area contributed by atoms with Gasteiger partial charge in [-0.3, -0.25) is 9.59 Å². The van der Waals surface area contributed by atoms with E-state index in [-0.39, 0.29) is 11.8 Å². The predicted molar refractivity (Wildman–Crippen MR) is 111 cm³/mol. The number of hydrogen-bond donors (Lipinski definition) is 1. The van der Waals surface area contributed by atoms with Crippen LogP contribution in [0.3, 0.4) is 0 Å². The lowest BCUT2D eigenvalue weighted by Crippen LogP contribution is -2.27. The van der Waals surface area contributed by atoms with Gasteiger partial charge in [0, 0.05) is 30.4 Å². The molecule has 1 fully saturated rings. The van der Waals surface area contributed by atoms with Gasteiger partial charge < -0.3 is 15.0 Å². The van der Waals surface area contributed by atoms with Crippen molar-refractivity contribution in [3.05, 3.63) is 78.4 Å². The minimum Gasteiger partial charge on any atom is -0.490 e. The van der Waals surface area contributed by atoms with Gasteiger partial charge in [-0.15, -0.1) is 0 Å². The van der Waals surface area contributed by atoms with Gasteiger partial charge in [-0.05, 0) is 60.9 Å². The number of anilines is 1. The zero-order chi connectivity index (χ0) is 19.8. The van der Waals surface area contributed by atoms with Gasteiger partial charge in [0.25, 0.3) is 5.91 Å². The lowest BCUT2D eigenvalue weighted by Gasteiger charge is -2.15. The number of likely N-dealkylation sites (tertiary alicyclic amines) is 1. The summed E-state index contributed by atoms with van der Waals surface area (Å²) in [6.45, 7) is 5.71. The van der Waals surface area contributed by atoms with Gasteiger partial charge in [-0.25, -0.2) is 0 Å². The minimum absolute atomic E-state index is 0.0517. The number of benzene rings is 2. The number of amides is 2. The Kier molecular flexibility index (Phi) is 6.63. The molecular weight excluding hydrogens is 352 g/mol. The summed E-state index contributed by atoms with van der Waals surface area (Å²) in [7, 11) is 0. The van der Waals surface area contributed by atoms with E-state index >= 15 is 0 Å². The van der Waals surface area contributed by atoms with Crippen molar-refractivity contribution >= 4 is 23.6 Å². The molecule has 3 rings (SSSR count). The first kappa shape index (κ1) is 19.4. The van der Waals surface area contributed by atoms with Crippen molar-refractivity contribution < 1.29 is 14.3 Å². The van der Waals surface area contributed by atoms with Crippen molar-refractivity contribution in [3.63, 3.8) is 0 Å². The largest absolute Gasteiger partial charge is 0.490 e. The number of nitrogens with zero attached hydrogens (tertiary/aromatic N) is 1. The van der Waals surface area contributed by atoms with Crippen molar-refractivity contribution in [2.75, 3.05) is 25.0 Å². The molecule has 5 heteroatoms. The van der Waals surface area contributed by atoms with Gasteiger partial charge in [0.2, 0.25) is 5.91 Å². The molecule has 2 aromatic rings. The van der Waals surface area contributed by atoms with Crippen LogP contribution in [0, 0.1) is 0 Å². The van der Waals surface area contributed by atoms with Crippen molar-refractivity contribution in [1.82, 2.24) is 4.90 Å². The Morgan fingerprint density at radius 3 is 2.36 bits per heavy atom. The molecule has 1 saturated heterocycles. The molecule has 0 radical (unpaired) electrons. The maximum Gasteiger partial charge on any atom is 0.253 e. The van der Waals surface area contributed by atoms with Crippen LogP contribution < -0.4 is 10.1 Å². The molecule has 1 aliphatic rings. The first-order valence-electron chi connectivity index (χ1n) is 9.38. The number of nitrogens with one attached hydrogen (secondary N) is 1. The quantitative estimate of drug-likeness (QED) is 0.584. The molecule has 1 aliphatic heterocycles. The van der Waals surface area contributed by atoms with E-state index in [1.165, 1.54) is 6.08 Å². The highest BCUT2D eigenvalue weighted by Gasteiger charge is 2.19. The highest BCUT2D eigenvalue weighted by Crippen LogP contribution is 2.16. The SMILES string of the molecule is C=CCOc1ccc(/C=C/C(=O)Nc2ccc(C(=O)N3CCCC3)cc2)cc1. The highest BCUT2D eigenvalue weighted by molar-refractivity contribution is 6.02. The Morgan fingerprint density at radius 1 is 1.04 bits per heavy atom. The van der Waals surface area contributed by atoms with Crippen LogP contribution in [0.4, 0.5) is 5.69 Å². The van der Waals surface area contributed by atoms with Crippen LogP contribution in [0.2, 0.25) is 0 Å². The second-order valence-corrected chi connectivity index (χ2v) is 6.57. The standard InChI is InChI=1S/C23H24N2O3/c1-2-17-28-21-12-5-18(6-13-21)7-14-22(26)24-20-10-8-19(9-11-20)23(27)25-15-3-4-16-25/h2,5-14H,1,3-4,15-17H2,(H,24,26)/b14-7+. The molecule has 2 amide bonds. The molecule has 28 heavy (non-hydrogen) atoms. The van der Waals surface area contributed by atoms with Gasteiger partial charge in [0.1, 0.15) is 12.4 Å². The lowest BCUT2D eigenvalue weighted by atomic mass is 10.1. The molecule has 0 unspecified atom stereocenters. The maximum absolute atomic E-state index is 12.3. The number of ether oxygens (including phenoxy) is 1. The second kappa shape index (κ2) is 9.55. The molecular formula is C23H24N2O3. The maximum atomic E-state index is 12.3. The fraction of sp³-hybridized carbons (Fsp3) is 0.217. The van der Waals surface area contributed by atoms with Crippen LogP contribution in [0.15, 0.2) is 67.3 Å². The van der Waals surface area contributed by atoms with Gasteiger partial charge in [-0.2, -0.15) is 0 Å². The summed E-state index contributed by atoms with van der Waals surface area (Å²) in [6, 6.07) is 14.4. The fourth-order valence-electron chi connectivity index (χ4n) is 2.99. The molecule has 0 saturated carbocycles. The van der Waals surface area contributed by atoms with E-state index in [2.05, 4.69) is 11.9 Å². The van der Waals surface area contributed by atoms with Crippen LogP contribution in [-0.2, 0) is 4.79 Å². The summed E-state index contributed by atoms with van der Waals surface area (Å²) >= 11 is 0. The Labute approximate surface area is 165 Å². The van der Waals surface area contributed by atoms with Crippen LogP contribution >= 0.6 is 0 Å². The summed E-state index contributed by atoms with van der Waals surface area (Å²) in [5, 5.41) is 2.80. The Balaban J connectivity index is 1.53. The molecule has 5 nitrogen and oxygen atoms in total. The van der Waals surface area contributed by atoms with E-state index in [1.807, 2.05) is 29.2 Å². The Hall–Kier alpha value is -3.34. The Morgan fingerprint density at radius 2 is 1.71 bits per heavy atom. The first-order chi connectivity index (χ1) is 13.7. The second-order valence-electron chi connectivity index (χ2n) is 6.57. The van der Waals surface area contributed by atoms with Crippen LogP contribution in [0.1, 0.15) is 28.8 Å². The number of carbonyl (C=O) groups excluding carboxylic acids is 2. The number of carbonyl (C=O) groups is 2. The van der Waals surface area contributed by atoms with Gasteiger partial charge in [0.05, 0.1) is 0 Å². The van der Waals surface area contributed by atoms with Gasteiger partial charge in [-0.1, -0.05) is 24.8 Å². The first-order valence-corrected chi connectivity index (χ1v) is 9.38. The zero-order valence-electron chi connectivity index (χ0n) is 15.8. The summed E-state index contributed by atoms with van der Waals surface area (Å²) < 4.78 is 5.43. The summed E-state index contributed by atoms with van der Waals surface area (Å²) in [5.41, 5.74) is 2.20. The van der Waals surface area contributed by atoms with E-state index < -0.39 is 0 Å². The normalized spacial score (nSPS) is 13.5. The predicted octanol–water partition coefficient (Wildman–Crippen LogP) is 4.14. The van der Waals surface area contributed by atoms with Crippen LogP contribution in [0.5, 0.6) is 5.75 Å². The molecule has 2 aromatic carbocycles. The molecule has 0 aliphatic carbocycles. The molecule has 0 aromatic heterocycles. The summed E-state index contributed by atoms with van der Waals surface area (Å²) in [5.74, 6) is 0.575. The van der Waals surface area contributed by atoms with E-state index in [0.29, 0.717) is 17.9 Å². The number of hydrogen-bond acceptors (Lipinski definition) is 3. The lowest BCUT2D eigenvalue weighted by molar-refractivity contribution is -0.111. The molecule has 0 spiro atoms. The molecule has 0 bridgehead atoms. The topological polar surface area (TPSA) is 58.6 Å². The van der Waals surface area contributed by atoms with Crippen LogP contribution in [0.25, 0.3) is 6.08 Å². The van der Waals surface area contributed by atoms with Crippen molar-refractivity contribution in [2.45, 2.75) is 12.8 Å². The van der Waals surface area contributed by atoms with Crippen molar-refractivity contribution in [1.29, 1.82) is 0 Å². The van der Waals surface area contributed by atoms with Crippen molar-refractivity contribution in [3.8, 4) is 5.75 Å². The number of rotatable bonds is 7. The zero-order valence-corrected chi connectivity index (χ0v) is 15.8. The summed E-state index contributed by atoms with van der Waals surface area (Å²) in [6.07, 6.45) is 7.03. The Bertz CT molecular complexity index is 848. The van der Waals surface area contributed by atoms with Gasteiger partial charge in [0.15, 0.2) is 0 Å². The van der Waals surface area contributed by atoms with Crippen molar-refractivity contribution in [2.24, 2.45) is 0 Å². The highest BCUT2D eigenvalue weighted by atomic mass is 16.5. The average Bonchev–Trinajstić information content (AvgIpc) is 3.26. The third-order valence-corrected chi connectivity index (χ3v) is 4.47. The van der Waals surface area contributed by atoms with Gasteiger partial charge >= 0.3 is 0 Å². The molecule has 1 heterocycles. The molecule has 0 atom stereocenters. The molecule has 1 N–H and O–H groups in total. The average molecular weight is 376 g/mol. The minimum atomic E-state index is -0.231. The van der Waals surface area contributed by atoms with E-state index in [4.69, 9.17) is 4.74 Å². The monoisotopic (exact) mass is 376 g/mol.